The van der Waals surface area contributed by atoms with Crippen molar-refractivity contribution in [1.29, 1.82) is 0 Å². The van der Waals surface area contributed by atoms with E-state index in [1.807, 2.05) is 0 Å². The first-order valence-corrected chi connectivity index (χ1v) is 6.81. The van der Waals surface area contributed by atoms with Crippen molar-refractivity contribution in [3.8, 4) is 0 Å². The Morgan fingerprint density at radius 2 is 2.10 bits per heavy atom. The lowest BCUT2D eigenvalue weighted by Crippen LogP contribution is -2.37. The van der Waals surface area contributed by atoms with Gasteiger partial charge in [-0.15, -0.1) is 0 Å². The molecule has 0 saturated heterocycles. The zero-order chi connectivity index (χ0) is 15.4. The molecule has 1 spiro atoms. The van der Waals surface area contributed by atoms with Crippen molar-refractivity contribution in [2.75, 3.05) is 0 Å². The lowest BCUT2D eigenvalue weighted by Gasteiger charge is -2.26. The van der Waals surface area contributed by atoms with Crippen LogP contribution in [-0.2, 0) is 19.9 Å². The summed E-state index contributed by atoms with van der Waals surface area (Å²) in [6, 6.07) is 3.36. The second-order valence-electron chi connectivity index (χ2n) is 5.71. The summed E-state index contributed by atoms with van der Waals surface area (Å²) in [5.74, 6) is -3.34. The van der Waals surface area contributed by atoms with Gasteiger partial charge < -0.3 is 14.8 Å². The van der Waals surface area contributed by atoms with Crippen LogP contribution in [0.4, 0.5) is 0 Å². The molecule has 3 rings (SSSR count). The van der Waals surface area contributed by atoms with Crippen LogP contribution in [0.1, 0.15) is 31.9 Å². The minimum atomic E-state index is -1.10. The molecule has 1 fully saturated rings. The maximum Gasteiger partial charge on any atom is 0.306 e. The summed E-state index contributed by atoms with van der Waals surface area (Å²) < 4.78 is 1.71. The van der Waals surface area contributed by atoms with Crippen molar-refractivity contribution in [2.24, 2.45) is 5.92 Å². The lowest BCUT2D eigenvalue weighted by molar-refractivity contribution is -0.143. The zero-order valence-corrected chi connectivity index (χ0v) is 11.5. The van der Waals surface area contributed by atoms with Gasteiger partial charge in [0.05, 0.1) is 11.6 Å². The summed E-state index contributed by atoms with van der Waals surface area (Å²) in [5, 5.41) is 19.1. The first-order chi connectivity index (χ1) is 9.88. The molecule has 0 aromatic carbocycles. The van der Waals surface area contributed by atoms with Crippen molar-refractivity contribution in [3.05, 3.63) is 29.6 Å². The Morgan fingerprint density at radius 3 is 2.67 bits per heavy atom. The third-order valence-corrected chi connectivity index (χ3v) is 4.25. The SMILES string of the molecule is C[C@@H](CC(=O)C1=C(O)c2cccn2C2(CC2)C1=O)C(=O)O. The maximum absolute atomic E-state index is 12.6. The van der Waals surface area contributed by atoms with Gasteiger partial charge in [-0.3, -0.25) is 14.4 Å². The molecule has 21 heavy (non-hydrogen) atoms. The Hall–Kier alpha value is -2.37. The summed E-state index contributed by atoms with van der Waals surface area (Å²) >= 11 is 0. The third-order valence-electron chi connectivity index (χ3n) is 4.25. The molecule has 110 valence electrons. The van der Waals surface area contributed by atoms with Gasteiger partial charge in [0.15, 0.2) is 17.3 Å². The first-order valence-electron chi connectivity index (χ1n) is 6.81. The highest BCUT2D eigenvalue weighted by atomic mass is 16.4. The number of nitrogens with zero attached hydrogens (tertiary/aromatic N) is 1. The van der Waals surface area contributed by atoms with Crippen LogP contribution in [0.15, 0.2) is 23.9 Å². The summed E-state index contributed by atoms with van der Waals surface area (Å²) in [4.78, 5) is 35.7. The summed E-state index contributed by atoms with van der Waals surface area (Å²) in [5.41, 5.74) is -0.548. The predicted octanol–water partition coefficient (Wildman–Crippen LogP) is 1.51. The number of allylic oxidation sites excluding steroid dienone is 1. The van der Waals surface area contributed by atoms with Gasteiger partial charge in [0.1, 0.15) is 11.1 Å². The Morgan fingerprint density at radius 1 is 1.43 bits per heavy atom. The molecule has 6 heteroatoms. The first kappa shape index (κ1) is 13.6. The Bertz CT molecular complexity index is 693. The monoisotopic (exact) mass is 289 g/mol. The topological polar surface area (TPSA) is 96.6 Å². The van der Waals surface area contributed by atoms with E-state index >= 15 is 0 Å². The average Bonchev–Trinajstić information content (AvgIpc) is 3.06. The molecule has 0 radical (unpaired) electrons. The van der Waals surface area contributed by atoms with E-state index in [-0.39, 0.29) is 17.8 Å². The quantitative estimate of drug-likeness (QED) is 0.819. The van der Waals surface area contributed by atoms with E-state index in [4.69, 9.17) is 5.11 Å². The number of carbonyl (C=O) groups excluding carboxylic acids is 2. The average molecular weight is 289 g/mol. The molecule has 1 atom stereocenters. The highest BCUT2D eigenvalue weighted by Gasteiger charge is 2.57. The molecule has 6 nitrogen and oxygen atoms in total. The van der Waals surface area contributed by atoms with E-state index in [1.54, 1.807) is 22.9 Å². The number of aliphatic hydroxyl groups is 1. The van der Waals surface area contributed by atoms with Crippen LogP contribution >= 0.6 is 0 Å². The summed E-state index contributed by atoms with van der Waals surface area (Å²) in [6.45, 7) is 1.40. The number of carbonyl (C=O) groups is 3. The van der Waals surface area contributed by atoms with Crippen LogP contribution in [-0.4, -0.2) is 32.3 Å². The Kier molecular flexibility index (Phi) is 2.79. The highest BCUT2D eigenvalue weighted by molar-refractivity contribution is 6.28. The molecule has 1 saturated carbocycles. The molecule has 0 bridgehead atoms. The van der Waals surface area contributed by atoms with Crippen molar-refractivity contribution in [3.63, 3.8) is 0 Å². The fourth-order valence-corrected chi connectivity index (χ4v) is 2.84. The van der Waals surface area contributed by atoms with Gasteiger partial charge in [-0.25, -0.2) is 0 Å². The van der Waals surface area contributed by atoms with Crippen LogP contribution in [0.2, 0.25) is 0 Å². The lowest BCUT2D eigenvalue weighted by atomic mass is 9.89. The number of rotatable bonds is 4. The third kappa shape index (κ3) is 1.82. The van der Waals surface area contributed by atoms with Gasteiger partial charge in [0, 0.05) is 12.6 Å². The number of aliphatic hydroxyl groups excluding tert-OH is 1. The Labute approximate surface area is 120 Å². The van der Waals surface area contributed by atoms with E-state index in [0.29, 0.717) is 18.5 Å². The van der Waals surface area contributed by atoms with Gasteiger partial charge in [-0.05, 0) is 25.0 Å². The van der Waals surface area contributed by atoms with E-state index in [1.165, 1.54) is 6.92 Å². The molecule has 2 heterocycles. The van der Waals surface area contributed by atoms with Gasteiger partial charge in [-0.2, -0.15) is 0 Å². The van der Waals surface area contributed by atoms with Crippen molar-refractivity contribution in [2.45, 2.75) is 31.7 Å². The normalized spacial score (nSPS) is 20.3. The van der Waals surface area contributed by atoms with E-state index in [0.717, 1.165) is 0 Å². The smallest absolute Gasteiger partial charge is 0.306 e. The number of carboxylic acid groups (broad SMARTS) is 1. The number of ketones is 2. The summed E-state index contributed by atoms with van der Waals surface area (Å²) in [6.07, 6.45) is 2.69. The molecule has 0 unspecified atom stereocenters. The number of hydrogen-bond donors (Lipinski definition) is 2. The maximum atomic E-state index is 12.6. The van der Waals surface area contributed by atoms with Crippen LogP contribution in [0.25, 0.3) is 5.76 Å². The number of fused-ring (bicyclic) bond motifs is 2. The van der Waals surface area contributed by atoms with Gasteiger partial charge in [-0.1, -0.05) is 6.92 Å². The van der Waals surface area contributed by atoms with E-state index in [9.17, 15) is 19.5 Å². The van der Waals surface area contributed by atoms with Crippen LogP contribution in [0.3, 0.4) is 0 Å². The molecule has 1 aliphatic heterocycles. The van der Waals surface area contributed by atoms with Gasteiger partial charge in [0.2, 0.25) is 0 Å². The minimum Gasteiger partial charge on any atom is -0.505 e. The molecular formula is C15H15NO5. The fourth-order valence-electron chi connectivity index (χ4n) is 2.84. The molecule has 1 aromatic rings. The molecule has 1 aliphatic carbocycles. The van der Waals surface area contributed by atoms with Crippen molar-refractivity contribution < 1.29 is 24.6 Å². The zero-order valence-electron chi connectivity index (χ0n) is 11.5. The van der Waals surface area contributed by atoms with Crippen LogP contribution in [0.5, 0.6) is 0 Å². The van der Waals surface area contributed by atoms with Gasteiger partial charge in [0.25, 0.3) is 0 Å². The number of hydrogen-bond acceptors (Lipinski definition) is 4. The van der Waals surface area contributed by atoms with Crippen LogP contribution in [0, 0.1) is 5.92 Å². The number of carboxylic acids is 1. The Balaban J connectivity index is 2.02. The molecule has 2 aliphatic rings. The van der Waals surface area contributed by atoms with Gasteiger partial charge >= 0.3 is 5.97 Å². The fraction of sp³-hybridized carbons (Fsp3) is 0.400. The number of aromatic nitrogens is 1. The predicted molar refractivity (Wildman–Crippen MR) is 72.6 cm³/mol. The number of Topliss-reactive ketones (excluding diaryl/α,β-unsaturated/α-hetero) is 2. The van der Waals surface area contributed by atoms with E-state index < -0.39 is 29.0 Å². The molecule has 1 aromatic heterocycles. The van der Waals surface area contributed by atoms with Crippen molar-refractivity contribution in [1.82, 2.24) is 4.57 Å². The molecule has 0 amide bonds. The largest absolute Gasteiger partial charge is 0.505 e. The molecule has 2 N–H and O–H groups in total. The second kappa shape index (κ2) is 4.31. The van der Waals surface area contributed by atoms with E-state index in [2.05, 4.69) is 0 Å². The molecular weight excluding hydrogens is 274 g/mol. The second-order valence-corrected chi connectivity index (χ2v) is 5.71. The summed E-state index contributed by atoms with van der Waals surface area (Å²) in [7, 11) is 0. The van der Waals surface area contributed by atoms with Crippen LogP contribution < -0.4 is 0 Å². The standard InChI is InChI=1S/C15H15NO5/c1-8(14(20)21)7-10(17)11-12(18)9-3-2-6-16(9)15(4-5-15)13(11)19/h2-3,6,8,18H,4-5,7H2,1H3,(H,20,21)/t8-/m0/s1. The van der Waals surface area contributed by atoms with Crippen molar-refractivity contribution >= 4 is 23.3 Å². The minimum absolute atomic E-state index is 0.244. The highest BCUT2D eigenvalue weighted by Crippen LogP contribution is 2.51. The number of aliphatic carboxylic acids is 1.